The highest BCUT2D eigenvalue weighted by Crippen LogP contribution is 2.26. The lowest BCUT2D eigenvalue weighted by molar-refractivity contribution is 0.458. The molecule has 1 fully saturated rings. The zero-order valence-electron chi connectivity index (χ0n) is 9.01. The van der Waals surface area contributed by atoms with Crippen molar-refractivity contribution in [2.24, 2.45) is 0 Å². The molecule has 1 saturated heterocycles. The minimum Gasteiger partial charge on any atom is -0.317 e. The molecule has 1 aromatic heterocycles. The number of rotatable bonds is 1. The molecule has 1 aliphatic heterocycles. The second-order valence-corrected chi connectivity index (χ2v) is 4.15. The van der Waals surface area contributed by atoms with Gasteiger partial charge < -0.3 is 5.32 Å². The minimum atomic E-state index is 0.726. The molecule has 2 rings (SSSR count). The molecule has 76 valence electrons. The molecule has 2 nitrogen and oxygen atoms in total. The van der Waals surface area contributed by atoms with E-state index in [2.05, 4.69) is 36.3 Å². The Balaban J connectivity index is 2.22. The molecule has 0 saturated carbocycles. The Morgan fingerprint density at radius 3 is 2.57 bits per heavy atom. The van der Waals surface area contributed by atoms with Crippen LogP contribution in [0.1, 0.15) is 35.7 Å². The van der Waals surface area contributed by atoms with Crippen molar-refractivity contribution in [3.8, 4) is 0 Å². The average Bonchev–Trinajstić information content (AvgIpc) is 2.19. The third kappa shape index (κ3) is 1.95. The van der Waals surface area contributed by atoms with Gasteiger partial charge in [-0.3, -0.25) is 4.98 Å². The number of pyridine rings is 1. The van der Waals surface area contributed by atoms with Crippen molar-refractivity contribution in [2.45, 2.75) is 32.6 Å². The molecule has 1 aliphatic rings. The van der Waals surface area contributed by atoms with Gasteiger partial charge in [-0.2, -0.15) is 0 Å². The van der Waals surface area contributed by atoms with Crippen molar-refractivity contribution < 1.29 is 0 Å². The van der Waals surface area contributed by atoms with Crippen LogP contribution in [0, 0.1) is 13.8 Å². The summed E-state index contributed by atoms with van der Waals surface area (Å²) in [6.45, 7) is 6.49. The fourth-order valence-corrected chi connectivity index (χ4v) is 2.26. The zero-order chi connectivity index (χ0) is 9.97. The van der Waals surface area contributed by atoms with E-state index in [1.807, 2.05) is 0 Å². The number of aryl methyl sites for hydroxylation is 2. The van der Waals surface area contributed by atoms with Crippen LogP contribution in [-0.4, -0.2) is 18.1 Å². The summed E-state index contributed by atoms with van der Waals surface area (Å²) in [7, 11) is 0. The van der Waals surface area contributed by atoms with Gasteiger partial charge in [-0.1, -0.05) is 6.07 Å². The molecule has 1 aromatic rings. The summed E-state index contributed by atoms with van der Waals surface area (Å²) in [5.41, 5.74) is 3.80. The Labute approximate surface area is 85.7 Å². The van der Waals surface area contributed by atoms with Gasteiger partial charge in [0.1, 0.15) is 0 Å². The molecule has 1 N–H and O–H groups in total. The van der Waals surface area contributed by atoms with Crippen molar-refractivity contribution in [3.05, 3.63) is 29.1 Å². The first-order valence-electron chi connectivity index (χ1n) is 5.42. The second-order valence-electron chi connectivity index (χ2n) is 4.15. The minimum absolute atomic E-state index is 0.726. The number of hydrogen-bond acceptors (Lipinski definition) is 2. The summed E-state index contributed by atoms with van der Waals surface area (Å²) in [4.78, 5) is 4.53. The van der Waals surface area contributed by atoms with Crippen molar-refractivity contribution >= 4 is 0 Å². The maximum absolute atomic E-state index is 4.53. The van der Waals surface area contributed by atoms with Crippen molar-refractivity contribution in [3.63, 3.8) is 0 Å². The first-order valence-corrected chi connectivity index (χ1v) is 5.42. The predicted octanol–water partition coefficient (Wildman–Crippen LogP) is 2.17. The van der Waals surface area contributed by atoms with E-state index in [9.17, 15) is 0 Å². The molecule has 0 radical (unpaired) electrons. The van der Waals surface area contributed by atoms with Crippen molar-refractivity contribution in [2.75, 3.05) is 13.1 Å². The first kappa shape index (κ1) is 9.66. The Bertz CT molecular complexity index is 314. The van der Waals surface area contributed by atoms with Gasteiger partial charge >= 0.3 is 0 Å². The van der Waals surface area contributed by atoms with E-state index in [-0.39, 0.29) is 0 Å². The smallest absolute Gasteiger partial charge is 0.0410 e. The van der Waals surface area contributed by atoms with Gasteiger partial charge in [0.05, 0.1) is 0 Å². The summed E-state index contributed by atoms with van der Waals surface area (Å²) >= 11 is 0. The molecule has 0 aliphatic carbocycles. The predicted molar refractivity (Wildman–Crippen MR) is 58.6 cm³/mol. The normalized spacial score (nSPS) is 18.4. The fraction of sp³-hybridized carbons (Fsp3) is 0.583. The van der Waals surface area contributed by atoms with Crippen LogP contribution in [0.5, 0.6) is 0 Å². The average molecular weight is 190 g/mol. The van der Waals surface area contributed by atoms with Crippen LogP contribution >= 0.6 is 0 Å². The second kappa shape index (κ2) is 4.09. The highest BCUT2D eigenvalue weighted by molar-refractivity contribution is 5.26. The number of hydrogen-bond donors (Lipinski definition) is 1. The Morgan fingerprint density at radius 2 is 1.93 bits per heavy atom. The molecular weight excluding hydrogens is 172 g/mol. The molecule has 0 atom stereocenters. The molecule has 0 amide bonds. The molecule has 0 unspecified atom stereocenters. The van der Waals surface area contributed by atoms with Gasteiger partial charge in [-0.15, -0.1) is 0 Å². The maximum atomic E-state index is 4.53. The van der Waals surface area contributed by atoms with Crippen molar-refractivity contribution in [1.29, 1.82) is 0 Å². The van der Waals surface area contributed by atoms with E-state index in [0.29, 0.717) is 0 Å². The Kier molecular flexibility index (Phi) is 2.82. The third-order valence-electron chi connectivity index (χ3n) is 3.04. The summed E-state index contributed by atoms with van der Waals surface area (Å²) in [5, 5.41) is 3.39. The highest BCUT2D eigenvalue weighted by Gasteiger charge is 2.17. The van der Waals surface area contributed by atoms with Gasteiger partial charge in [0.15, 0.2) is 0 Å². The van der Waals surface area contributed by atoms with Gasteiger partial charge in [0.25, 0.3) is 0 Å². The van der Waals surface area contributed by atoms with E-state index in [0.717, 1.165) is 24.7 Å². The lowest BCUT2D eigenvalue weighted by Gasteiger charge is -2.24. The first-order chi connectivity index (χ1) is 6.77. The van der Waals surface area contributed by atoms with Crippen molar-refractivity contribution in [1.82, 2.24) is 10.3 Å². The molecule has 2 heteroatoms. The standard InChI is InChI=1S/C12H18N2/c1-9-3-4-12(10(2)14-9)11-5-7-13-8-6-11/h3-4,11,13H,5-8H2,1-2H3. The number of nitrogens with one attached hydrogen (secondary N) is 1. The third-order valence-corrected chi connectivity index (χ3v) is 3.04. The fourth-order valence-electron chi connectivity index (χ4n) is 2.26. The Morgan fingerprint density at radius 1 is 1.21 bits per heavy atom. The number of aromatic nitrogens is 1. The van der Waals surface area contributed by atoms with E-state index in [1.54, 1.807) is 0 Å². The van der Waals surface area contributed by atoms with E-state index < -0.39 is 0 Å². The molecular formula is C12H18N2. The van der Waals surface area contributed by atoms with E-state index in [4.69, 9.17) is 0 Å². The topological polar surface area (TPSA) is 24.9 Å². The monoisotopic (exact) mass is 190 g/mol. The molecule has 0 bridgehead atoms. The molecule has 2 heterocycles. The van der Waals surface area contributed by atoms with Crippen LogP contribution in [0.15, 0.2) is 12.1 Å². The molecule has 0 spiro atoms. The maximum Gasteiger partial charge on any atom is 0.0410 e. The van der Waals surface area contributed by atoms with Crippen LogP contribution in [0.2, 0.25) is 0 Å². The SMILES string of the molecule is Cc1ccc(C2CCNCC2)c(C)n1. The molecule has 14 heavy (non-hydrogen) atoms. The number of nitrogens with zero attached hydrogens (tertiary/aromatic N) is 1. The summed E-state index contributed by atoms with van der Waals surface area (Å²) < 4.78 is 0. The van der Waals surface area contributed by atoms with Gasteiger partial charge in [0, 0.05) is 11.4 Å². The largest absolute Gasteiger partial charge is 0.317 e. The van der Waals surface area contributed by atoms with Gasteiger partial charge in [-0.25, -0.2) is 0 Å². The highest BCUT2D eigenvalue weighted by atomic mass is 14.9. The quantitative estimate of drug-likeness (QED) is 0.734. The lowest BCUT2D eigenvalue weighted by atomic mass is 9.89. The van der Waals surface area contributed by atoms with Crippen LogP contribution in [0.3, 0.4) is 0 Å². The summed E-state index contributed by atoms with van der Waals surface area (Å²) in [6, 6.07) is 4.39. The van der Waals surface area contributed by atoms with Gasteiger partial charge in [-0.05, 0) is 57.3 Å². The lowest BCUT2D eigenvalue weighted by Crippen LogP contribution is -2.27. The number of piperidine rings is 1. The molecule has 0 aromatic carbocycles. The zero-order valence-corrected chi connectivity index (χ0v) is 9.01. The summed E-state index contributed by atoms with van der Waals surface area (Å²) in [5.74, 6) is 0.726. The van der Waals surface area contributed by atoms with E-state index >= 15 is 0 Å². The van der Waals surface area contributed by atoms with Crippen LogP contribution in [0.4, 0.5) is 0 Å². The summed E-state index contributed by atoms with van der Waals surface area (Å²) in [6.07, 6.45) is 2.51. The van der Waals surface area contributed by atoms with Gasteiger partial charge in [0.2, 0.25) is 0 Å². The van der Waals surface area contributed by atoms with Crippen LogP contribution in [-0.2, 0) is 0 Å². The van der Waals surface area contributed by atoms with E-state index in [1.165, 1.54) is 24.1 Å². The van der Waals surface area contributed by atoms with Crippen LogP contribution in [0.25, 0.3) is 0 Å². The Hall–Kier alpha value is -0.890. The van der Waals surface area contributed by atoms with Crippen LogP contribution < -0.4 is 5.32 Å².